The third-order valence-electron chi connectivity index (χ3n) is 4.21. The van der Waals surface area contributed by atoms with Crippen molar-refractivity contribution in [1.82, 2.24) is 0 Å². The Bertz CT molecular complexity index is 831. The van der Waals surface area contributed by atoms with Crippen LogP contribution in [0.25, 0.3) is 0 Å². The third-order valence-corrected chi connectivity index (χ3v) is 5.02. The van der Waals surface area contributed by atoms with Gasteiger partial charge in [0.1, 0.15) is 0 Å². The summed E-state index contributed by atoms with van der Waals surface area (Å²) in [7, 11) is 0. The van der Waals surface area contributed by atoms with Gasteiger partial charge < -0.3 is 10.2 Å². The molecule has 0 radical (unpaired) electrons. The lowest BCUT2D eigenvalue weighted by molar-refractivity contribution is -0.122. The summed E-state index contributed by atoms with van der Waals surface area (Å²) in [6, 6.07) is 11.0. The lowest BCUT2D eigenvalue weighted by Crippen LogP contribution is -2.28. The molecule has 1 atom stereocenters. The smallest absolute Gasteiger partial charge is 0.229 e. The van der Waals surface area contributed by atoms with Gasteiger partial charge >= 0.3 is 0 Å². The monoisotopic (exact) mass is 376 g/mol. The van der Waals surface area contributed by atoms with Crippen LogP contribution >= 0.6 is 23.2 Å². The Morgan fingerprint density at radius 1 is 1.16 bits per heavy atom. The van der Waals surface area contributed by atoms with Crippen molar-refractivity contribution in [3.8, 4) is 0 Å². The molecule has 0 spiro atoms. The van der Waals surface area contributed by atoms with Crippen molar-refractivity contribution in [3.05, 3.63) is 57.6 Å². The number of hydrogen-bond donors (Lipinski definition) is 1. The zero-order chi connectivity index (χ0) is 18.1. The summed E-state index contributed by atoms with van der Waals surface area (Å²) < 4.78 is 0. The van der Waals surface area contributed by atoms with E-state index in [1.807, 2.05) is 32.0 Å². The topological polar surface area (TPSA) is 49.4 Å². The van der Waals surface area contributed by atoms with Gasteiger partial charge in [-0.2, -0.15) is 0 Å². The predicted octanol–water partition coefficient (Wildman–Crippen LogP) is 4.60. The molecule has 1 N–H and O–H groups in total. The lowest BCUT2D eigenvalue weighted by atomic mass is 10.1. The van der Waals surface area contributed by atoms with Gasteiger partial charge in [0, 0.05) is 18.7 Å². The molecule has 1 heterocycles. The van der Waals surface area contributed by atoms with Crippen LogP contribution in [0.1, 0.15) is 17.5 Å². The van der Waals surface area contributed by atoms with Crippen LogP contribution in [-0.4, -0.2) is 18.4 Å². The minimum absolute atomic E-state index is 0.135. The van der Waals surface area contributed by atoms with E-state index in [4.69, 9.17) is 23.2 Å². The first-order chi connectivity index (χ1) is 11.8. The molecule has 2 aromatic carbocycles. The lowest BCUT2D eigenvalue weighted by Gasteiger charge is -2.18. The molecule has 1 aliphatic rings. The SMILES string of the molecule is Cc1cc(C)cc(NC(=O)[C@H]2CC(=O)N(c3cccc(Cl)c3Cl)C2)c1. The molecule has 1 saturated heterocycles. The van der Waals surface area contributed by atoms with E-state index in [1.165, 1.54) is 4.90 Å². The second-order valence-corrected chi connectivity index (χ2v) is 7.13. The van der Waals surface area contributed by atoms with Gasteiger partial charge in [-0.15, -0.1) is 0 Å². The molecule has 0 saturated carbocycles. The molecule has 4 nitrogen and oxygen atoms in total. The minimum atomic E-state index is -0.427. The van der Waals surface area contributed by atoms with Gasteiger partial charge in [0.2, 0.25) is 11.8 Å². The molecule has 130 valence electrons. The molecule has 2 aromatic rings. The van der Waals surface area contributed by atoms with Crippen LogP contribution in [0.4, 0.5) is 11.4 Å². The first-order valence-corrected chi connectivity index (χ1v) is 8.74. The summed E-state index contributed by atoms with van der Waals surface area (Å²) in [5.74, 6) is -0.730. The van der Waals surface area contributed by atoms with Crippen molar-refractivity contribution < 1.29 is 9.59 Å². The summed E-state index contributed by atoms with van der Waals surface area (Å²) in [5.41, 5.74) is 3.44. The summed E-state index contributed by atoms with van der Waals surface area (Å²) in [6.07, 6.45) is 0.152. The maximum absolute atomic E-state index is 12.6. The normalized spacial score (nSPS) is 17.0. The largest absolute Gasteiger partial charge is 0.326 e. The Labute approximate surface area is 156 Å². The molecule has 6 heteroatoms. The highest BCUT2D eigenvalue weighted by Gasteiger charge is 2.36. The Kier molecular flexibility index (Phi) is 5.02. The first kappa shape index (κ1) is 17.8. The van der Waals surface area contributed by atoms with Crippen LogP contribution in [0.3, 0.4) is 0 Å². The van der Waals surface area contributed by atoms with E-state index in [2.05, 4.69) is 5.32 Å². The van der Waals surface area contributed by atoms with E-state index in [9.17, 15) is 9.59 Å². The van der Waals surface area contributed by atoms with E-state index in [-0.39, 0.29) is 24.8 Å². The number of carbonyl (C=O) groups is 2. The second-order valence-electron chi connectivity index (χ2n) is 6.34. The number of carbonyl (C=O) groups excluding carboxylic acids is 2. The summed E-state index contributed by atoms with van der Waals surface area (Å²) in [6.45, 7) is 4.24. The quantitative estimate of drug-likeness (QED) is 0.850. The predicted molar refractivity (Wildman–Crippen MR) is 101 cm³/mol. The molecule has 1 aliphatic heterocycles. The standard InChI is InChI=1S/C19H18Cl2N2O2/c1-11-6-12(2)8-14(7-11)22-19(25)13-9-17(24)23(10-13)16-5-3-4-15(20)18(16)21/h3-8,13H,9-10H2,1-2H3,(H,22,25)/t13-/m0/s1. The Hall–Kier alpha value is -2.04. The molecule has 25 heavy (non-hydrogen) atoms. The Balaban J connectivity index is 1.75. The first-order valence-electron chi connectivity index (χ1n) is 7.98. The van der Waals surface area contributed by atoms with Crippen LogP contribution in [0.5, 0.6) is 0 Å². The fraction of sp³-hybridized carbons (Fsp3) is 0.263. The van der Waals surface area contributed by atoms with Gasteiger partial charge in [-0.25, -0.2) is 0 Å². The van der Waals surface area contributed by atoms with E-state index in [1.54, 1.807) is 18.2 Å². The maximum Gasteiger partial charge on any atom is 0.229 e. The molecule has 0 unspecified atom stereocenters. The Morgan fingerprint density at radius 3 is 2.52 bits per heavy atom. The summed E-state index contributed by atoms with van der Waals surface area (Å²) in [4.78, 5) is 26.4. The van der Waals surface area contributed by atoms with Crippen molar-refractivity contribution in [2.45, 2.75) is 20.3 Å². The molecule has 0 aromatic heterocycles. The highest BCUT2D eigenvalue weighted by Crippen LogP contribution is 2.35. The average molecular weight is 377 g/mol. The highest BCUT2D eigenvalue weighted by atomic mass is 35.5. The van der Waals surface area contributed by atoms with E-state index >= 15 is 0 Å². The van der Waals surface area contributed by atoms with Crippen molar-refractivity contribution in [1.29, 1.82) is 0 Å². The third kappa shape index (κ3) is 3.80. The van der Waals surface area contributed by atoms with E-state index < -0.39 is 5.92 Å². The Morgan fingerprint density at radius 2 is 1.84 bits per heavy atom. The number of benzene rings is 2. The number of hydrogen-bond acceptors (Lipinski definition) is 2. The number of nitrogens with zero attached hydrogens (tertiary/aromatic N) is 1. The molecular formula is C19H18Cl2N2O2. The molecule has 0 bridgehead atoms. The average Bonchev–Trinajstić information content (AvgIpc) is 2.91. The van der Waals surface area contributed by atoms with Gasteiger partial charge in [-0.3, -0.25) is 9.59 Å². The maximum atomic E-state index is 12.6. The molecule has 3 rings (SSSR count). The van der Waals surface area contributed by atoms with Gasteiger partial charge in [-0.1, -0.05) is 35.3 Å². The van der Waals surface area contributed by atoms with Crippen molar-refractivity contribution in [2.24, 2.45) is 5.92 Å². The van der Waals surface area contributed by atoms with E-state index in [0.717, 1.165) is 16.8 Å². The van der Waals surface area contributed by atoms with Gasteiger partial charge in [0.15, 0.2) is 0 Å². The van der Waals surface area contributed by atoms with Crippen LogP contribution < -0.4 is 10.2 Å². The number of anilines is 2. The fourth-order valence-corrected chi connectivity index (χ4v) is 3.51. The second kappa shape index (κ2) is 7.06. The van der Waals surface area contributed by atoms with E-state index in [0.29, 0.717) is 15.7 Å². The zero-order valence-corrected chi connectivity index (χ0v) is 15.5. The number of amides is 2. The molecule has 2 amide bonds. The van der Waals surface area contributed by atoms with Crippen LogP contribution in [0.15, 0.2) is 36.4 Å². The fourth-order valence-electron chi connectivity index (χ4n) is 3.11. The number of rotatable bonds is 3. The van der Waals surface area contributed by atoms with Crippen molar-refractivity contribution in [2.75, 3.05) is 16.8 Å². The van der Waals surface area contributed by atoms with Gasteiger partial charge in [-0.05, 0) is 49.2 Å². The summed E-state index contributed by atoms with van der Waals surface area (Å²) in [5, 5.41) is 3.62. The van der Waals surface area contributed by atoms with Crippen LogP contribution in [0.2, 0.25) is 10.0 Å². The highest BCUT2D eigenvalue weighted by molar-refractivity contribution is 6.44. The number of halogens is 2. The van der Waals surface area contributed by atoms with Crippen LogP contribution in [0, 0.1) is 19.8 Å². The number of aryl methyl sites for hydroxylation is 2. The zero-order valence-electron chi connectivity index (χ0n) is 14.0. The van der Waals surface area contributed by atoms with Crippen molar-refractivity contribution >= 4 is 46.4 Å². The molecule has 0 aliphatic carbocycles. The van der Waals surface area contributed by atoms with Crippen molar-refractivity contribution in [3.63, 3.8) is 0 Å². The van der Waals surface area contributed by atoms with Gasteiger partial charge in [0.25, 0.3) is 0 Å². The number of nitrogens with one attached hydrogen (secondary N) is 1. The molecular weight excluding hydrogens is 359 g/mol. The molecule has 1 fully saturated rings. The van der Waals surface area contributed by atoms with Gasteiger partial charge in [0.05, 0.1) is 21.7 Å². The van der Waals surface area contributed by atoms with Crippen LogP contribution in [-0.2, 0) is 9.59 Å². The minimum Gasteiger partial charge on any atom is -0.326 e. The summed E-state index contributed by atoms with van der Waals surface area (Å²) >= 11 is 12.2.